The molecule has 2 aliphatic heterocycles. The first-order valence-corrected chi connectivity index (χ1v) is 10.8. The van der Waals surface area contributed by atoms with Gasteiger partial charge >= 0.3 is 0 Å². The Morgan fingerprint density at radius 3 is 2.89 bits per heavy atom. The molecule has 6 nitrogen and oxygen atoms in total. The van der Waals surface area contributed by atoms with Crippen LogP contribution in [0, 0.1) is 6.92 Å². The van der Waals surface area contributed by atoms with Crippen molar-refractivity contribution in [2.45, 2.75) is 64.1 Å². The minimum Gasteiger partial charge on any atom is -0.379 e. The van der Waals surface area contributed by atoms with Crippen LogP contribution >= 0.6 is 0 Å². The third-order valence-corrected chi connectivity index (χ3v) is 6.87. The molecule has 28 heavy (non-hydrogen) atoms. The quantitative estimate of drug-likeness (QED) is 0.781. The summed E-state index contributed by atoms with van der Waals surface area (Å²) in [5.74, 6) is 0.891. The lowest BCUT2D eigenvalue weighted by Gasteiger charge is -2.30. The molecule has 1 N–H and O–H groups in total. The van der Waals surface area contributed by atoms with Gasteiger partial charge in [0.25, 0.3) is 0 Å². The molecule has 3 aliphatic rings. The zero-order valence-electron chi connectivity index (χ0n) is 16.7. The molecule has 1 saturated heterocycles. The summed E-state index contributed by atoms with van der Waals surface area (Å²) >= 11 is 0. The fourth-order valence-corrected chi connectivity index (χ4v) is 4.59. The SMILES string of the molecule is Cc1c2n(c3ncc(C4CCC4)cc13)CCN(C(=O)CCOCC1CCN1)C2. The molecule has 4 heterocycles. The van der Waals surface area contributed by atoms with Gasteiger partial charge in [-0.05, 0) is 55.8 Å². The smallest absolute Gasteiger partial charge is 0.225 e. The molecule has 0 bridgehead atoms. The molecule has 0 aromatic carbocycles. The van der Waals surface area contributed by atoms with Crippen molar-refractivity contribution in [3.63, 3.8) is 0 Å². The first-order chi connectivity index (χ1) is 13.7. The summed E-state index contributed by atoms with van der Waals surface area (Å²) in [5.41, 5.74) is 5.00. The standard InChI is InChI=1S/C22H30N4O2/c1-15-19-11-17(16-3-2-4-16)12-24-22(19)26-9-8-25(13-20(15)26)21(27)6-10-28-14-18-5-7-23-18/h11-12,16,18,23H,2-10,13-14H2,1H3. The zero-order valence-corrected chi connectivity index (χ0v) is 16.7. The number of carbonyl (C=O) groups is 1. The van der Waals surface area contributed by atoms with Crippen LogP contribution < -0.4 is 5.32 Å². The number of aromatic nitrogens is 2. The van der Waals surface area contributed by atoms with Crippen LogP contribution in [0.3, 0.4) is 0 Å². The highest BCUT2D eigenvalue weighted by molar-refractivity contribution is 5.83. The van der Waals surface area contributed by atoms with Crippen LogP contribution in [0.1, 0.15) is 54.8 Å². The highest BCUT2D eigenvalue weighted by atomic mass is 16.5. The van der Waals surface area contributed by atoms with E-state index >= 15 is 0 Å². The molecule has 1 aliphatic carbocycles. The first kappa shape index (κ1) is 18.1. The van der Waals surface area contributed by atoms with Gasteiger partial charge in [-0.1, -0.05) is 6.42 Å². The number of nitrogens with zero attached hydrogens (tertiary/aromatic N) is 3. The molecule has 1 unspecified atom stereocenters. The number of rotatable bonds is 6. The summed E-state index contributed by atoms with van der Waals surface area (Å²) < 4.78 is 7.98. The highest BCUT2D eigenvalue weighted by Crippen LogP contribution is 2.38. The lowest BCUT2D eigenvalue weighted by Crippen LogP contribution is -2.46. The minimum absolute atomic E-state index is 0.195. The van der Waals surface area contributed by atoms with Crippen LogP contribution in [0.2, 0.25) is 0 Å². The van der Waals surface area contributed by atoms with Gasteiger partial charge in [-0.2, -0.15) is 0 Å². The lowest BCUT2D eigenvalue weighted by molar-refractivity contribution is -0.133. The first-order valence-electron chi connectivity index (χ1n) is 10.8. The van der Waals surface area contributed by atoms with E-state index in [4.69, 9.17) is 9.72 Å². The molecule has 2 fully saturated rings. The average molecular weight is 383 g/mol. The molecule has 150 valence electrons. The summed E-state index contributed by atoms with van der Waals surface area (Å²) in [4.78, 5) is 19.5. The number of fused-ring (bicyclic) bond motifs is 3. The molecule has 2 aromatic rings. The maximum absolute atomic E-state index is 12.7. The van der Waals surface area contributed by atoms with E-state index < -0.39 is 0 Å². The zero-order chi connectivity index (χ0) is 19.1. The predicted molar refractivity (Wildman–Crippen MR) is 108 cm³/mol. The van der Waals surface area contributed by atoms with Crippen molar-refractivity contribution in [1.29, 1.82) is 0 Å². The van der Waals surface area contributed by atoms with Gasteiger partial charge in [0.05, 0.1) is 26.2 Å². The van der Waals surface area contributed by atoms with Gasteiger partial charge < -0.3 is 19.5 Å². The van der Waals surface area contributed by atoms with Crippen molar-refractivity contribution in [3.8, 4) is 0 Å². The third-order valence-electron chi connectivity index (χ3n) is 6.87. The normalized spacial score (nSPS) is 22.0. The maximum Gasteiger partial charge on any atom is 0.225 e. The van der Waals surface area contributed by atoms with E-state index in [0.717, 1.165) is 31.9 Å². The predicted octanol–water partition coefficient (Wildman–Crippen LogP) is 2.72. The van der Waals surface area contributed by atoms with E-state index in [1.165, 1.54) is 47.9 Å². The molecular formula is C22H30N4O2. The fraction of sp³-hybridized carbons (Fsp3) is 0.636. The molecule has 2 aromatic heterocycles. The van der Waals surface area contributed by atoms with Crippen LogP contribution in [-0.4, -0.2) is 52.7 Å². The molecule has 0 spiro atoms. The molecule has 6 heteroatoms. The lowest BCUT2D eigenvalue weighted by atomic mass is 9.80. The van der Waals surface area contributed by atoms with Gasteiger partial charge in [0.2, 0.25) is 5.91 Å². The van der Waals surface area contributed by atoms with Crippen molar-refractivity contribution in [3.05, 3.63) is 29.1 Å². The molecule has 1 amide bonds. The van der Waals surface area contributed by atoms with E-state index in [2.05, 4.69) is 29.1 Å². The summed E-state index contributed by atoms with van der Waals surface area (Å²) in [6.07, 6.45) is 7.65. The summed E-state index contributed by atoms with van der Waals surface area (Å²) in [7, 11) is 0. The number of ether oxygens (including phenoxy) is 1. The third kappa shape index (κ3) is 3.22. The maximum atomic E-state index is 12.7. The molecule has 1 saturated carbocycles. The second-order valence-corrected chi connectivity index (χ2v) is 8.57. The van der Waals surface area contributed by atoms with Crippen LogP contribution in [0.15, 0.2) is 12.3 Å². The van der Waals surface area contributed by atoms with Crippen LogP contribution in [0.25, 0.3) is 11.0 Å². The number of aryl methyl sites for hydroxylation is 1. The van der Waals surface area contributed by atoms with Gasteiger partial charge in [-0.3, -0.25) is 4.79 Å². The number of hydrogen-bond acceptors (Lipinski definition) is 4. The number of carbonyl (C=O) groups excluding carboxylic acids is 1. The van der Waals surface area contributed by atoms with Crippen LogP contribution in [0.5, 0.6) is 0 Å². The topological polar surface area (TPSA) is 59.4 Å². The Kier molecular flexibility index (Phi) is 4.85. The van der Waals surface area contributed by atoms with Gasteiger partial charge in [0.1, 0.15) is 5.65 Å². The Balaban J connectivity index is 1.26. The molecular weight excluding hydrogens is 352 g/mol. The Labute approximate surface area is 166 Å². The summed E-state index contributed by atoms with van der Waals surface area (Å²) in [6, 6.07) is 2.84. The summed E-state index contributed by atoms with van der Waals surface area (Å²) in [5, 5.41) is 4.58. The van der Waals surface area contributed by atoms with Crippen LogP contribution in [0.4, 0.5) is 0 Å². The van der Waals surface area contributed by atoms with Crippen molar-refractivity contribution in [2.75, 3.05) is 26.3 Å². The van der Waals surface area contributed by atoms with Gasteiger partial charge in [0, 0.05) is 36.4 Å². The molecule has 5 rings (SSSR count). The Bertz CT molecular complexity index is 882. The van der Waals surface area contributed by atoms with Crippen molar-refractivity contribution < 1.29 is 9.53 Å². The van der Waals surface area contributed by atoms with Gasteiger partial charge in [-0.15, -0.1) is 0 Å². The second-order valence-electron chi connectivity index (χ2n) is 8.57. The van der Waals surface area contributed by atoms with Crippen molar-refractivity contribution in [1.82, 2.24) is 19.8 Å². The number of nitrogens with one attached hydrogen (secondary N) is 1. The van der Waals surface area contributed by atoms with E-state index in [-0.39, 0.29) is 5.91 Å². The van der Waals surface area contributed by atoms with Gasteiger partial charge in [0.15, 0.2) is 0 Å². The Morgan fingerprint density at radius 2 is 2.18 bits per heavy atom. The largest absolute Gasteiger partial charge is 0.379 e. The number of hydrogen-bond donors (Lipinski definition) is 1. The summed E-state index contributed by atoms with van der Waals surface area (Å²) in [6.45, 7) is 6.77. The Hall–Kier alpha value is -1.92. The van der Waals surface area contributed by atoms with E-state index in [1.54, 1.807) is 0 Å². The Morgan fingerprint density at radius 1 is 1.32 bits per heavy atom. The fourth-order valence-electron chi connectivity index (χ4n) is 4.59. The highest BCUT2D eigenvalue weighted by Gasteiger charge is 2.27. The molecule has 0 radical (unpaired) electrons. The second kappa shape index (κ2) is 7.48. The van der Waals surface area contributed by atoms with Gasteiger partial charge in [-0.25, -0.2) is 4.98 Å². The average Bonchev–Trinajstić information content (AvgIpc) is 2.90. The van der Waals surface area contributed by atoms with Crippen molar-refractivity contribution in [2.24, 2.45) is 0 Å². The van der Waals surface area contributed by atoms with E-state index in [9.17, 15) is 4.79 Å². The van der Waals surface area contributed by atoms with E-state index in [1.807, 2.05) is 4.90 Å². The molecule has 1 atom stereocenters. The van der Waals surface area contributed by atoms with E-state index in [0.29, 0.717) is 31.5 Å². The van der Waals surface area contributed by atoms with Crippen LogP contribution in [-0.2, 0) is 22.6 Å². The minimum atomic E-state index is 0.195. The van der Waals surface area contributed by atoms with Crippen molar-refractivity contribution >= 4 is 16.9 Å². The number of pyridine rings is 1. The monoisotopic (exact) mass is 382 g/mol. The number of amides is 1.